The summed E-state index contributed by atoms with van der Waals surface area (Å²) in [4.78, 5) is 0. The molecule has 0 aromatic heterocycles. The van der Waals surface area contributed by atoms with E-state index in [1.165, 1.54) is 0 Å². The summed E-state index contributed by atoms with van der Waals surface area (Å²) in [5.74, 6) is 0. The zero-order valence-electron chi connectivity index (χ0n) is 8.82. The van der Waals surface area contributed by atoms with Gasteiger partial charge in [0.15, 0.2) is 0 Å². The molecule has 2 rings (SSSR count). The van der Waals surface area contributed by atoms with Crippen LogP contribution in [-0.2, 0) is 4.74 Å². The summed E-state index contributed by atoms with van der Waals surface area (Å²) in [7, 11) is 0. The molecule has 0 amide bonds. The summed E-state index contributed by atoms with van der Waals surface area (Å²) in [5, 5.41) is 0.731. The molecular weight excluding hydrogens is 210 g/mol. The predicted octanol–water partition coefficient (Wildman–Crippen LogP) is 2.91. The van der Waals surface area contributed by atoms with Crippen molar-refractivity contribution < 1.29 is 4.74 Å². The lowest BCUT2D eigenvalue weighted by Gasteiger charge is -2.19. The van der Waals surface area contributed by atoms with Crippen LogP contribution < -0.4 is 5.73 Å². The highest BCUT2D eigenvalue weighted by molar-refractivity contribution is 6.30. The number of halogens is 1. The molecule has 1 aliphatic heterocycles. The number of rotatable bonds is 2. The average molecular weight is 226 g/mol. The molecule has 1 heterocycles. The lowest BCUT2D eigenvalue weighted by Crippen LogP contribution is -2.26. The van der Waals surface area contributed by atoms with E-state index in [1.807, 2.05) is 24.3 Å². The molecule has 1 saturated heterocycles. The molecule has 0 spiro atoms. The zero-order chi connectivity index (χ0) is 10.8. The first-order valence-electron chi connectivity index (χ1n) is 5.33. The second-order valence-electron chi connectivity index (χ2n) is 4.14. The van der Waals surface area contributed by atoms with Gasteiger partial charge < -0.3 is 10.5 Å². The quantitative estimate of drug-likeness (QED) is 0.840. The van der Waals surface area contributed by atoms with Gasteiger partial charge in [-0.15, -0.1) is 0 Å². The summed E-state index contributed by atoms with van der Waals surface area (Å²) in [6, 6.07) is 7.64. The number of nitrogens with two attached hydrogens (primary N) is 1. The summed E-state index contributed by atoms with van der Waals surface area (Å²) < 4.78 is 5.75. The van der Waals surface area contributed by atoms with Crippen molar-refractivity contribution in [2.45, 2.75) is 38.0 Å². The van der Waals surface area contributed by atoms with Crippen molar-refractivity contribution in [3.05, 3.63) is 34.9 Å². The van der Waals surface area contributed by atoms with Crippen LogP contribution in [0.1, 0.15) is 31.4 Å². The molecule has 0 radical (unpaired) electrons. The van der Waals surface area contributed by atoms with Crippen LogP contribution in [0.3, 0.4) is 0 Å². The van der Waals surface area contributed by atoms with Gasteiger partial charge in [0.25, 0.3) is 0 Å². The third-order valence-electron chi connectivity index (χ3n) is 2.90. The minimum atomic E-state index is -0.0614. The van der Waals surface area contributed by atoms with Gasteiger partial charge in [0.2, 0.25) is 0 Å². The van der Waals surface area contributed by atoms with Crippen LogP contribution in [-0.4, -0.2) is 12.2 Å². The van der Waals surface area contributed by atoms with Crippen molar-refractivity contribution in [3.63, 3.8) is 0 Å². The zero-order valence-corrected chi connectivity index (χ0v) is 9.58. The summed E-state index contributed by atoms with van der Waals surface area (Å²) in [6.07, 6.45) is 2.60. The third-order valence-corrected chi connectivity index (χ3v) is 3.13. The summed E-state index contributed by atoms with van der Waals surface area (Å²) in [5.41, 5.74) is 7.20. The molecule has 1 aromatic carbocycles. The second-order valence-corrected chi connectivity index (χ2v) is 4.58. The van der Waals surface area contributed by atoms with E-state index in [0.29, 0.717) is 6.10 Å². The maximum atomic E-state index is 6.15. The van der Waals surface area contributed by atoms with Crippen molar-refractivity contribution in [3.8, 4) is 0 Å². The van der Waals surface area contributed by atoms with E-state index in [2.05, 4.69) is 6.92 Å². The van der Waals surface area contributed by atoms with E-state index >= 15 is 0 Å². The first kappa shape index (κ1) is 10.9. The van der Waals surface area contributed by atoms with Gasteiger partial charge in [-0.3, -0.25) is 0 Å². The monoisotopic (exact) mass is 225 g/mol. The predicted molar refractivity (Wildman–Crippen MR) is 61.9 cm³/mol. The molecule has 0 aliphatic carbocycles. The Morgan fingerprint density at radius 1 is 1.47 bits per heavy atom. The fourth-order valence-corrected chi connectivity index (χ4v) is 2.22. The van der Waals surface area contributed by atoms with Gasteiger partial charge in [-0.1, -0.05) is 23.7 Å². The number of benzene rings is 1. The van der Waals surface area contributed by atoms with Gasteiger partial charge in [-0.25, -0.2) is 0 Å². The highest BCUT2D eigenvalue weighted by atomic mass is 35.5. The summed E-state index contributed by atoms with van der Waals surface area (Å²) in [6.45, 7) is 2.09. The van der Waals surface area contributed by atoms with Gasteiger partial charge in [-0.2, -0.15) is 0 Å². The van der Waals surface area contributed by atoms with Gasteiger partial charge in [0.05, 0.1) is 18.2 Å². The van der Waals surface area contributed by atoms with Gasteiger partial charge in [0.1, 0.15) is 0 Å². The Kier molecular flexibility index (Phi) is 3.29. The van der Waals surface area contributed by atoms with E-state index < -0.39 is 0 Å². The Labute approximate surface area is 95.4 Å². The molecule has 2 nitrogen and oxygen atoms in total. The summed E-state index contributed by atoms with van der Waals surface area (Å²) >= 11 is 5.93. The van der Waals surface area contributed by atoms with Crippen LogP contribution in [0.2, 0.25) is 5.02 Å². The Balaban J connectivity index is 2.10. The first-order chi connectivity index (χ1) is 7.16. The Bertz CT molecular complexity index is 342. The van der Waals surface area contributed by atoms with Crippen LogP contribution in [0.15, 0.2) is 24.3 Å². The molecule has 1 aromatic rings. The van der Waals surface area contributed by atoms with Crippen LogP contribution in [0, 0.1) is 0 Å². The molecule has 0 saturated carbocycles. The van der Waals surface area contributed by atoms with Crippen LogP contribution >= 0.6 is 11.6 Å². The first-order valence-corrected chi connectivity index (χ1v) is 5.71. The van der Waals surface area contributed by atoms with E-state index in [-0.39, 0.29) is 12.1 Å². The Morgan fingerprint density at radius 2 is 2.27 bits per heavy atom. The van der Waals surface area contributed by atoms with Crippen molar-refractivity contribution in [1.82, 2.24) is 0 Å². The third kappa shape index (κ3) is 2.51. The van der Waals surface area contributed by atoms with E-state index in [4.69, 9.17) is 22.1 Å². The second kappa shape index (κ2) is 4.52. The van der Waals surface area contributed by atoms with Crippen LogP contribution in [0.4, 0.5) is 0 Å². The van der Waals surface area contributed by atoms with E-state index in [1.54, 1.807) is 0 Å². The van der Waals surface area contributed by atoms with Crippen molar-refractivity contribution >= 4 is 11.6 Å². The molecule has 1 aliphatic rings. The highest BCUT2D eigenvalue weighted by Crippen LogP contribution is 2.29. The van der Waals surface area contributed by atoms with Crippen LogP contribution in [0.5, 0.6) is 0 Å². The fraction of sp³-hybridized carbons (Fsp3) is 0.500. The number of hydrogen-bond acceptors (Lipinski definition) is 2. The Morgan fingerprint density at radius 3 is 2.87 bits per heavy atom. The molecule has 3 atom stereocenters. The van der Waals surface area contributed by atoms with Crippen LogP contribution in [0.25, 0.3) is 0 Å². The number of ether oxygens (including phenoxy) is 1. The van der Waals surface area contributed by atoms with E-state index in [9.17, 15) is 0 Å². The molecule has 2 N–H and O–H groups in total. The Hall–Kier alpha value is -0.570. The van der Waals surface area contributed by atoms with Crippen molar-refractivity contribution in [2.24, 2.45) is 5.73 Å². The lowest BCUT2D eigenvalue weighted by atomic mass is 10.0. The van der Waals surface area contributed by atoms with Gasteiger partial charge >= 0.3 is 0 Å². The average Bonchev–Trinajstić information content (AvgIpc) is 2.64. The molecule has 15 heavy (non-hydrogen) atoms. The standard InChI is InChI=1S/C12H16ClNO/c1-8-5-6-11(15-8)12(14)9-3-2-4-10(13)7-9/h2-4,7-8,11-12H,5-6,14H2,1H3. The van der Waals surface area contributed by atoms with Gasteiger partial charge in [-0.05, 0) is 37.5 Å². The van der Waals surface area contributed by atoms with Gasteiger partial charge in [0, 0.05) is 5.02 Å². The highest BCUT2D eigenvalue weighted by Gasteiger charge is 2.28. The largest absolute Gasteiger partial charge is 0.373 e. The lowest BCUT2D eigenvalue weighted by molar-refractivity contribution is 0.0401. The topological polar surface area (TPSA) is 35.2 Å². The number of hydrogen-bond donors (Lipinski definition) is 1. The fourth-order valence-electron chi connectivity index (χ4n) is 2.03. The maximum Gasteiger partial charge on any atom is 0.0772 e. The SMILES string of the molecule is CC1CCC(C(N)c2cccc(Cl)c2)O1. The molecular formula is C12H16ClNO. The molecule has 3 unspecified atom stereocenters. The van der Waals surface area contributed by atoms with E-state index in [0.717, 1.165) is 23.4 Å². The minimum Gasteiger partial charge on any atom is -0.373 e. The molecule has 3 heteroatoms. The minimum absolute atomic E-state index is 0.0614. The normalized spacial score (nSPS) is 27.9. The maximum absolute atomic E-state index is 6.15. The van der Waals surface area contributed by atoms with Crippen molar-refractivity contribution in [2.75, 3.05) is 0 Å². The molecule has 0 bridgehead atoms. The molecule has 1 fully saturated rings. The molecule has 82 valence electrons. The smallest absolute Gasteiger partial charge is 0.0772 e. The van der Waals surface area contributed by atoms with Crippen molar-refractivity contribution in [1.29, 1.82) is 0 Å².